The number of para-hydroxylation sites is 1. The van der Waals surface area contributed by atoms with Crippen molar-refractivity contribution in [3.05, 3.63) is 29.8 Å². The highest BCUT2D eigenvalue weighted by Gasteiger charge is 2.18. The molecule has 1 heterocycles. The fourth-order valence-corrected chi connectivity index (χ4v) is 2.31. The quantitative estimate of drug-likeness (QED) is 0.840. The molecule has 0 spiro atoms. The third-order valence-corrected chi connectivity index (χ3v) is 3.20. The molecule has 1 fully saturated rings. The fraction of sp³-hybridized carbons (Fsp3) is 0.571. The third-order valence-electron chi connectivity index (χ3n) is 3.20. The number of ether oxygens (including phenoxy) is 1. The van der Waals surface area contributed by atoms with Gasteiger partial charge in [-0.05, 0) is 51.3 Å². The van der Waals surface area contributed by atoms with Crippen LogP contribution < -0.4 is 10.1 Å². The standard InChI is InChI=1S/C14H21NO/c1-11-6-3-4-8-14(11)16-12(2)10-13-7-5-9-15-13/h3-4,6,8,12-13,15H,5,7,9-10H2,1-2H3. The van der Waals surface area contributed by atoms with Gasteiger partial charge in [-0.2, -0.15) is 0 Å². The van der Waals surface area contributed by atoms with Crippen molar-refractivity contribution in [1.29, 1.82) is 0 Å². The number of aryl methyl sites for hydroxylation is 1. The van der Waals surface area contributed by atoms with Crippen LogP contribution in [0.15, 0.2) is 24.3 Å². The maximum Gasteiger partial charge on any atom is 0.122 e. The maximum atomic E-state index is 5.97. The second-order valence-electron chi connectivity index (χ2n) is 4.72. The lowest BCUT2D eigenvalue weighted by atomic mass is 10.1. The van der Waals surface area contributed by atoms with E-state index in [-0.39, 0.29) is 6.10 Å². The van der Waals surface area contributed by atoms with Gasteiger partial charge in [0.15, 0.2) is 0 Å². The van der Waals surface area contributed by atoms with Crippen LogP contribution in [-0.4, -0.2) is 18.7 Å². The molecule has 88 valence electrons. The molecule has 2 nitrogen and oxygen atoms in total. The van der Waals surface area contributed by atoms with E-state index in [1.54, 1.807) is 0 Å². The summed E-state index contributed by atoms with van der Waals surface area (Å²) in [5.74, 6) is 1.02. The van der Waals surface area contributed by atoms with Crippen LogP contribution in [-0.2, 0) is 0 Å². The van der Waals surface area contributed by atoms with Gasteiger partial charge in [0.2, 0.25) is 0 Å². The number of nitrogens with one attached hydrogen (secondary N) is 1. The molecule has 1 aromatic rings. The SMILES string of the molecule is Cc1ccccc1OC(C)CC1CCCN1. The van der Waals surface area contributed by atoms with Crippen molar-refractivity contribution in [1.82, 2.24) is 5.32 Å². The van der Waals surface area contributed by atoms with E-state index in [4.69, 9.17) is 4.74 Å². The molecule has 2 unspecified atom stereocenters. The molecule has 1 aliphatic rings. The molecule has 2 atom stereocenters. The summed E-state index contributed by atoms with van der Waals surface area (Å²) in [4.78, 5) is 0. The molecule has 0 aliphatic carbocycles. The number of benzene rings is 1. The van der Waals surface area contributed by atoms with Gasteiger partial charge < -0.3 is 10.1 Å². The summed E-state index contributed by atoms with van der Waals surface area (Å²) >= 11 is 0. The summed E-state index contributed by atoms with van der Waals surface area (Å²) in [5.41, 5.74) is 1.22. The highest BCUT2D eigenvalue weighted by Crippen LogP contribution is 2.20. The van der Waals surface area contributed by atoms with Crippen molar-refractivity contribution in [3.63, 3.8) is 0 Å². The average Bonchev–Trinajstić information content (AvgIpc) is 2.74. The van der Waals surface area contributed by atoms with Gasteiger partial charge in [0, 0.05) is 6.04 Å². The minimum Gasteiger partial charge on any atom is -0.490 e. The van der Waals surface area contributed by atoms with Crippen LogP contribution in [0.4, 0.5) is 0 Å². The van der Waals surface area contributed by atoms with Crippen LogP contribution in [0.5, 0.6) is 5.75 Å². The van der Waals surface area contributed by atoms with Gasteiger partial charge >= 0.3 is 0 Å². The van der Waals surface area contributed by atoms with Crippen molar-refractivity contribution < 1.29 is 4.74 Å². The van der Waals surface area contributed by atoms with Crippen LogP contribution in [0, 0.1) is 6.92 Å². The predicted octanol–water partition coefficient (Wildman–Crippen LogP) is 2.90. The zero-order valence-electron chi connectivity index (χ0n) is 10.2. The van der Waals surface area contributed by atoms with Crippen molar-refractivity contribution in [2.45, 2.75) is 45.3 Å². The van der Waals surface area contributed by atoms with Crippen molar-refractivity contribution in [3.8, 4) is 5.75 Å². The van der Waals surface area contributed by atoms with E-state index < -0.39 is 0 Å². The smallest absolute Gasteiger partial charge is 0.122 e. The van der Waals surface area contributed by atoms with Gasteiger partial charge in [-0.3, -0.25) is 0 Å². The largest absolute Gasteiger partial charge is 0.490 e. The molecule has 1 aromatic carbocycles. The first kappa shape index (κ1) is 11.5. The molecule has 0 bridgehead atoms. The van der Waals surface area contributed by atoms with Crippen LogP contribution in [0.25, 0.3) is 0 Å². The van der Waals surface area contributed by atoms with E-state index >= 15 is 0 Å². The first-order chi connectivity index (χ1) is 7.75. The summed E-state index contributed by atoms with van der Waals surface area (Å²) in [6.45, 7) is 5.42. The lowest BCUT2D eigenvalue weighted by Gasteiger charge is -2.19. The summed E-state index contributed by atoms with van der Waals surface area (Å²) in [5, 5.41) is 3.51. The zero-order valence-corrected chi connectivity index (χ0v) is 10.2. The van der Waals surface area contributed by atoms with Crippen LogP contribution >= 0.6 is 0 Å². The maximum absolute atomic E-state index is 5.97. The molecule has 16 heavy (non-hydrogen) atoms. The molecule has 0 radical (unpaired) electrons. The van der Waals surface area contributed by atoms with Crippen molar-refractivity contribution in [2.75, 3.05) is 6.54 Å². The van der Waals surface area contributed by atoms with E-state index in [0.717, 1.165) is 12.2 Å². The average molecular weight is 219 g/mol. The highest BCUT2D eigenvalue weighted by molar-refractivity contribution is 5.31. The second-order valence-corrected chi connectivity index (χ2v) is 4.72. The Labute approximate surface area is 98.0 Å². The Kier molecular flexibility index (Phi) is 3.83. The summed E-state index contributed by atoms with van der Waals surface area (Å²) < 4.78 is 5.97. The lowest BCUT2D eigenvalue weighted by Crippen LogP contribution is -2.28. The Morgan fingerprint density at radius 1 is 1.44 bits per heavy atom. The van der Waals surface area contributed by atoms with E-state index in [2.05, 4.69) is 25.2 Å². The van der Waals surface area contributed by atoms with Gasteiger partial charge in [-0.15, -0.1) is 0 Å². The van der Waals surface area contributed by atoms with Gasteiger partial charge in [-0.25, -0.2) is 0 Å². The van der Waals surface area contributed by atoms with Crippen molar-refractivity contribution >= 4 is 0 Å². The van der Waals surface area contributed by atoms with Gasteiger partial charge in [0.25, 0.3) is 0 Å². The molecular formula is C14H21NO. The fourth-order valence-electron chi connectivity index (χ4n) is 2.31. The number of rotatable bonds is 4. The number of hydrogen-bond acceptors (Lipinski definition) is 2. The monoisotopic (exact) mass is 219 g/mol. The molecular weight excluding hydrogens is 198 g/mol. The Hall–Kier alpha value is -1.02. The normalized spacial score (nSPS) is 22.0. The molecule has 0 amide bonds. The van der Waals surface area contributed by atoms with Gasteiger partial charge in [0.1, 0.15) is 5.75 Å². The lowest BCUT2D eigenvalue weighted by molar-refractivity contribution is 0.195. The highest BCUT2D eigenvalue weighted by atomic mass is 16.5. The molecule has 2 rings (SSSR count). The third kappa shape index (κ3) is 2.99. The first-order valence-electron chi connectivity index (χ1n) is 6.21. The van der Waals surface area contributed by atoms with Crippen LogP contribution in [0.3, 0.4) is 0 Å². The topological polar surface area (TPSA) is 21.3 Å². The minimum atomic E-state index is 0.289. The van der Waals surface area contributed by atoms with Gasteiger partial charge in [0.05, 0.1) is 6.10 Å². The minimum absolute atomic E-state index is 0.289. The molecule has 2 heteroatoms. The first-order valence-corrected chi connectivity index (χ1v) is 6.21. The van der Waals surface area contributed by atoms with Crippen LogP contribution in [0.2, 0.25) is 0 Å². The molecule has 1 N–H and O–H groups in total. The Morgan fingerprint density at radius 2 is 2.25 bits per heavy atom. The predicted molar refractivity (Wildman–Crippen MR) is 66.9 cm³/mol. The summed E-state index contributed by atoms with van der Waals surface area (Å²) in [6, 6.07) is 8.87. The molecule has 1 saturated heterocycles. The molecule has 0 saturated carbocycles. The Morgan fingerprint density at radius 3 is 2.94 bits per heavy atom. The summed E-state index contributed by atoms with van der Waals surface area (Å²) in [7, 11) is 0. The summed E-state index contributed by atoms with van der Waals surface area (Å²) in [6.07, 6.45) is 3.99. The molecule has 1 aliphatic heterocycles. The van der Waals surface area contributed by atoms with E-state index in [0.29, 0.717) is 6.04 Å². The van der Waals surface area contributed by atoms with Gasteiger partial charge in [-0.1, -0.05) is 18.2 Å². The Bertz CT molecular complexity index is 331. The Balaban J connectivity index is 1.86. The van der Waals surface area contributed by atoms with Crippen LogP contribution in [0.1, 0.15) is 31.7 Å². The van der Waals surface area contributed by atoms with Crippen molar-refractivity contribution in [2.24, 2.45) is 0 Å². The zero-order chi connectivity index (χ0) is 11.4. The number of hydrogen-bond donors (Lipinski definition) is 1. The van der Waals surface area contributed by atoms with E-state index in [9.17, 15) is 0 Å². The van der Waals surface area contributed by atoms with E-state index in [1.165, 1.54) is 24.9 Å². The second kappa shape index (κ2) is 5.35. The molecule has 0 aromatic heterocycles. The van der Waals surface area contributed by atoms with E-state index in [1.807, 2.05) is 18.2 Å².